The minimum atomic E-state index is 0.533. The topological polar surface area (TPSA) is 30.7 Å². The molecule has 2 aromatic rings. The van der Waals surface area contributed by atoms with E-state index < -0.39 is 0 Å². The van der Waals surface area contributed by atoms with Gasteiger partial charge in [0, 0.05) is 22.6 Å². The molecule has 1 unspecified atom stereocenters. The first-order valence-electron chi connectivity index (χ1n) is 8.16. The van der Waals surface area contributed by atoms with Gasteiger partial charge >= 0.3 is 0 Å². The first-order valence-corrected chi connectivity index (χ1v) is 10.0. The number of allylic oxidation sites excluding steroid dienone is 1. The van der Waals surface area contributed by atoms with Crippen molar-refractivity contribution in [2.24, 2.45) is 0 Å². The minimum absolute atomic E-state index is 0.533. The quantitative estimate of drug-likeness (QED) is 0.472. The fourth-order valence-corrected chi connectivity index (χ4v) is 4.61. The summed E-state index contributed by atoms with van der Waals surface area (Å²) >= 11 is 3.76. The molecule has 1 saturated carbocycles. The van der Waals surface area contributed by atoms with Gasteiger partial charge in [-0.1, -0.05) is 43.0 Å². The van der Waals surface area contributed by atoms with E-state index in [0.29, 0.717) is 11.2 Å². The standard InChI is InChI=1S/C18H23N3S2/c1-3-12-21-17(15-9-10-15)19-20-18(21)23-14(2)11-13-22-16-7-5-4-6-8-16/h3-8,14-15H,1,9-13H2,2H3. The van der Waals surface area contributed by atoms with Gasteiger partial charge in [-0.25, -0.2) is 0 Å². The lowest BCUT2D eigenvalue weighted by atomic mass is 10.4. The molecule has 5 heteroatoms. The highest BCUT2D eigenvalue weighted by Crippen LogP contribution is 2.40. The molecule has 3 nitrogen and oxygen atoms in total. The molecule has 3 rings (SSSR count). The summed E-state index contributed by atoms with van der Waals surface area (Å²) < 4.78 is 2.25. The highest BCUT2D eigenvalue weighted by molar-refractivity contribution is 8.00. The molecule has 1 heterocycles. The normalized spacial score (nSPS) is 15.5. The van der Waals surface area contributed by atoms with Gasteiger partial charge in [0.1, 0.15) is 5.82 Å². The van der Waals surface area contributed by atoms with Gasteiger partial charge in [0.2, 0.25) is 0 Å². The van der Waals surface area contributed by atoms with Crippen molar-refractivity contribution in [3.63, 3.8) is 0 Å². The Hall–Kier alpha value is -1.20. The Morgan fingerprint density at radius 3 is 2.78 bits per heavy atom. The maximum absolute atomic E-state index is 4.42. The molecule has 1 aliphatic carbocycles. The summed E-state index contributed by atoms with van der Waals surface area (Å²) in [5.74, 6) is 2.91. The summed E-state index contributed by atoms with van der Waals surface area (Å²) in [4.78, 5) is 1.34. The average molecular weight is 346 g/mol. The van der Waals surface area contributed by atoms with E-state index in [2.05, 4.69) is 58.6 Å². The van der Waals surface area contributed by atoms with E-state index in [-0.39, 0.29) is 0 Å². The third kappa shape index (κ3) is 4.64. The van der Waals surface area contributed by atoms with Crippen molar-refractivity contribution < 1.29 is 0 Å². The molecule has 23 heavy (non-hydrogen) atoms. The van der Waals surface area contributed by atoms with Crippen LogP contribution in [0.15, 0.2) is 53.0 Å². The largest absolute Gasteiger partial charge is 0.302 e. The van der Waals surface area contributed by atoms with Crippen molar-refractivity contribution in [3.05, 3.63) is 48.8 Å². The molecule has 0 radical (unpaired) electrons. The molecule has 0 bridgehead atoms. The molecule has 1 atom stereocenters. The Labute approximate surface area is 147 Å². The van der Waals surface area contributed by atoms with Gasteiger partial charge in [-0.3, -0.25) is 0 Å². The summed E-state index contributed by atoms with van der Waals surface area (Å²) in [6.45, 7) is 6.96. The van der Waals surface area contributed by atoms with Crippen LogP contribution in [0.25, 0.3) is 0 Å². The van der Waals surface area contributed by atoms with Crippen molar-refractivity contribution in [2.75, 3.05) is 5.75 Å². The van der Waals surface area contributed by atoms with Crippen molar-refractivity contribution >= 4 is 23.5 Å². The zero-order chi connectivity index (χ0) is 16.1. The van der Waals surface area contributed by atoms with Crippen LogP contribution in [0.2, 0.25) is 0 Å². The second-order valence-electron chi connectivity index (χ2n) is 5.89. The third-order valence-electron chi connectivity index (χ3n) is 3.84. The monoisotopic (exact) mass is 345 g/mol. The Kier molecular flexibility index (Phi) is 5.84. The number of rotatable bonds is 9. The molecule has 1 aromatic carbocycles. The lowest BCUT2D eigenvalue weighted by molar-refractivity contribution is 0.679. The number of aromatic nitrogens is 3. The zero-order valence-electron chi connectivity index (χ0n) is 13.5. The minimum Gasteiger partial charge on any atom is -0.302 e. The Morgan fingerprint density at radius 1 is 1.30 bits per heavy atom. The lowest BCUT2D eigenvalue weighted by Gasteiger charge is -2.12. The van der Waals surface area contributed by atoms with Crippen LogP contribution in [0.1, 0.15) is 37.9 Å². The molecule has 1 fully saturated rings. The number of thioether (sulfide) groups is 2. The van der Waals surface area contributed by atoms with Crippen LogP contribution >= 0.6 is 23.5 Å². The second-order valence-corrected chi connectivity index (χ2v) is 8.47. The van der Waals surface area contributed by atoms with Crippen LogP contribution in [-0.4, -0.2) is 25.8 Å². The van der Waals surface area contributed by atoms with Gasteiger partial charge in [0.15, 0.2) is 5.16 Å². The van der Waals surface area contributed by atoms with E-state index in [4.69, 9.17) is 0 Å². The Bertz CT molecular complexity index is 635. The van der Waals surface area contributed by atoms with Crippen LogP contribution in [0, 0.1) is 0 Å². The fourth-order valence-electron chi connectivity index (χ4n) is 2.43. The van der Waals surface area contributed by atoms with Gasteiger partial charge in [-0.05, 0) is 37.1 Å². The maximum Gasteiger partial charge on any atom is 0.191 e. The Morgan fingerprint density at radius 2 is 2.09 bits per heavy atom. The van der Waals surface area contributed by atoms with E-state index in [1.54, 1.807) is 0 Å². The van der Waals surface area contributed by atoms with E-state index >= 15 is 0 Å². The van der Waals surface area contributed by atoms with Crippen LogP contribution in [0.5, 0.6) is 0 Å². The summed E-state index contributed by atoms with van der Waals surface area (Å²) in [5.41, 5.74) is 0. The van der Waals surface area contributed by atoms with Gasteiger partial charge in [-0.15, -0.1) is 28.5 Å². The third-order valence-corrected chi connectivity index (χ3v) is 6.04. The molecule has 0 N–H and O–H groups in total. The summed E-state index contributed by atoms with van der Waals surface area (Å²) in [6, 6.07) is 10.6. The molecule has 0 saturated heterocycles. The van der Waals surface area contributed by atoms with Crippen molar-refractivity contribution in [1.29, 1.82) is 0 Å². The number of nitrogens with zero attached hydrogens (tertiary/aromatic N) is 3. The lowest BCUT2D eigenvalue weighted by Crippen LogP contribution is -2.06. The van der Waals surface area contributed by atoms with E-state index in [1.807, 2.05) is 29.6 Å². The summed E-state index contributed by atoms with van der Waals surface area (Å²) in [5, 5.41) is 10.4. The molecule has 1 aliphatic rings. The maximum atomic E-state index is 4.42. The van der Waals surface area contributed by atoms with Gasteiger partial charge in [-0.2, -0.15) is 0 Å². The molecule has 0 amide bonds. The van der Waals surface area contributed by atoms with Gasteiger partial charge < -0.3 is 4.57 Å². The Balaban J connectivity index is 1.53. The molecule has 1 aromatic heterocycles. The highest BCUT2D eigenvalue weighted by Gasteiger charge is 2.30. The molecular weight excluding hydrogens is 322 g/mol. The second kappa shape index (κ2) is 8.06. The molecule has 0 aliphatic heterocycles. The predicted molar refractivity (Wildman–Crippen MR) is 99.3 cm³/mol. The highest BCUT2D eigenvalue weighted by atomic mass is 32.2. The molecular formula is C18H23N3S2. The van der Waals surface area contributed by atoms with Crippen LogP contribution in [0.3, 0.4) is 0 Å². The smallest absolute Gasteiger partial charge is 0.191 e. The number of hydrogen-bond acceptors (Lipinski definition) is 4. The van der Waals surface area contributed by atoms with Crippen LogP contribution in [0.4, 0.5) is 0 Å². The fraction of sp³-hybridized carbons (Fsp3) is 0.444. The van der Waals surface area contributed by atoms with Crippen LogP contribution < -0.4 is 0 Å². The van der Waals surface area contributed by atoms with E-state index in [9.17, 15) is 0 Å². The van der Waals surface area contributed by atoms with Gasteiger partial charge in [0.25, 0.3) is 0 Å². The summed E-state index contributed by atoms with van der Waals surface area (Å²) in [6.07, 6.45) is 5.60. The van der Waals surface area contributed by atoms with Crippen molar-refractivity contribution in [1.82, 2.24) is 14.8 Å². The van der Waals surface area contributed by atoms with E-state index in [0.717, 1.165) is 29.7 Å². The van der Waals surface area contributed by atoms with Crippen molar-refractivity contribution in [3.8, 4) is 0 Å². The zero-order valence-corrected chi connectivity index (χ0v) is 15.2. The predicted octanol–water partition coefficient (Wildman–Crippen LogP) is 5.00. The van der Waals surface area contributed by atoms with Crippen LogP contribution in [-0.2, 0) is 6.54 Å². The van der Waals surface area contributed by atoms with Crippen molar-refractivity contribution in [2.45, 2.75) is 54.0 Å². The molecule has 0 spiro atoms. The first-order chi connectivity index (χ1) is 11.3. The molecule has 122 valence electrons. The summed E-state index contributed by atoms with van der Waals surface area (Å²) in [7, 11) is 0. The average Bonchev–Trinajstić information content (AvgIpc) is 3.33. The van der Waals surface area contributed by atoms with E-state index in [1.165, 1.54) is 17.7 Å². The SMILES string of the molecule is C=CCn1c(SC(C)CCSc2ccccc2)nnc1C1CC1. The number of hydrogen-bond donors (Lipinski definition) is 0. The van der Waals surface area contributed by atoms with Gasteiger partial charge in [0.05, 0.1) is 0 Å². The first kappa shape index (κ1) is 16.7. The number of benzene rings is 1.